The van der Waals surface area contributed by atoms with E-state index in [1.807, 2.05) is 20.0 Å². The molecule has 8 heteroatoms. The molecule has 0 spiro atoms. The number of hydrogen-bond acceptors (Lipinski definition) is 5. The zero-order valence-electron chi connectivity index (χ0n) is 14.5. The van der Waals surface area contributed by atoms with Gasteiger partial charge >= 0.3 is 0 Å². The Labute approximate surface area is 148 Å². The van der Waals surface area contributed by atoms with E-state index < -0.39 is 0 Å². The molecule has 8 nitrogen and oxygen atoms in total. The van der Waals surface area contributed by atoms with Crippen molar-refractivity contribution in [2.45, 2.75) is 32.6 Å². The lowest BCUT2D eigenvalue weighted by atomic mass is 10.1. The van der Waals surface area contributed by atoms with E-state index in [2.05, 4.69) is 20.2 Å². The number of fused-ring (bicyclic) bond motifs is 1. The van der Waals surface area contributed by atoms with Crippen LogP contribution in [-0.2, 0) is 0 Å². The Morgan fingerprint density at radius 3 is 2.65 bits per heavy atom. The average molecular weight is 347 g/mol. The molecule has 0 aromatic carbocycles. The summed E-state index contributed by atoms with van der Waals surface area (Å²) in [6.07, 6.45) is 11.0. The number of nitrogens with zero attached hydrogens (tertiary/aromatic N) is 6. The fourth-order valence-corrected chi connectivity index (χ4v) is 3.26. The Kier molecular flexibility index (Phi) is 3.09. The van der Waals surface area contributed by atoms with Crippen LogP contribution in [0.2, 0.25) is 0 Å². The summed E-state index contributed by atoms with van der Waals surface area (Å²) in [4.78, 5) is 26.0. The van der Waals surface area contributed by atoms with Crippen LogP contribution >= 0.6 is 0 Å². The quantitative estimate of drug-likeness (QED) is 0.613. The fourth-order valence-electron chi connectivity index (χ4n) is 3.26. The van der Waals surface area contributed by atoms with Crippen molar-refractivity contribution >= 4 is 5.65 Å². The van der Waals surface area contributed by atoms with Crippen LogP contribution in [0.25, 0.3) is 22.7 Å². The SMILES string of the molecule is Cc1cnc(-n2cc(-c3c[nH]n4c(=O)c(C5CC5)c(C)nc34)cn2)nc1. The van der Waals surface area contributed by atoms with Gasteiger partial charge in [-0.05, 0) is 38.2 Å². The van der Waals surface area contributed by atoms with Gasteiger partial charge in [-0.2, -0.15) is 5.10 Å². The maximum atomic E-state index is 12.8. The van der Waals surface area contributed by atoms with Crippen LogP contribution in [0.5, 0.6) is 0 Å². The molecule has 1 N–H and O–H groups in total. The summed E-state index contributed by atoms with van der Waals surface area (Å²) in [6, 6.07) is 0. The van der Waals surface area contributed by atoms with E-state index in [1.165, 1.54) is 4.52 Å². The Morgan fingerprint density at radius 1 is 1.15 bits per heavy atom. The first-order valence-electron chi connectivity index (χ1n) is 8.56. The van der Waals surface area contributed by atoms with Crippen molar-refractivity contribution in [2.75, 3.05) is 0 Å². The lowest BCUT2D eigenvalue weighted by molar-refractivity contribution is 0.805. The van der Waals surface area contributed by atoms with Gasteiger partial charge < -0.3 is 0 Å². The molecule has 26 heavy (non-hydrogen) atoms. The van der Waals surface area contributed by atoms with Crippen LogP contribution in [0.1, 0.15) is 35.6 Å². The predicted molar refractivity (Wildman–Crippen MR) is 95.4 cm³/mol. The zero-order valence-corrected chi connectivity index (χ0v) is 14.5. The summed E-state index contributed by atoms with van der Waals surface area (Å²) >= 11 is 0. The van der Waals surface area contributed by atoms with Crippen molar-refractivity contribution < 1.29 is 0 Å². The minimum Gasteiger partial charge on any atom is -0.296 e. The van der Waals surface area contributed by atoms with Gasteiger partial charge in [-0.1, -0.05) is 0 Å². The second-order valence-corrected chi connectivity index (χ2v) is 6.77. The second kappa shape index (κ2) is 5.35. The van der Waals surface area contributed by atoms with Crippen LogP contribution in [0.15, 0.2) is 35.8 Å². The molecule has 5 rings (SSSR count). The molecule has 1 aliphatic rings. The minimum atomic E-state index is -0.00416. The molecule has 0 amide bonds. The number of hydrogen-bond donors (Lipinski definition) is 1. The fraction of sp³-hybridized carbons (Fsp3) is 0.278. The number of H-pyrrole nitrogens is 1. The second-order valence-electron chi connectivity index (χ2n) is 6.77. The van der Waals surface area contributed by atoms with Crippen molar-refractivity contribution in [2.24, 2.45) is 0 Å². The van der Waals surface area contributed by atoms with Gasteiger partial charge in [0.1, 0.15) is 0 Å². The molecule has 4 heterocycles. The van der Waals surface area contributed by atoms with Gasteiger partial charge in [-0.3, -0.25) is 9.89 Å². The van der Waals surface area contributed by atoms with Crippen LogP contribution in [0.4, 0.5) is 0 Å². The summed E-state index contributed by atoms with van der Waals surface area (Å²) in [5.74, 6) is 0.860. The molecule has 0 radical (unpaired) electrons. The molecule has 0 aliphatic heterocycles. The standard InChI is InChI=1S/C18H17N7O/c1-10-5-19-18(20-6-10)24-9-13(7-21-24)14-8-22-25-16(14)23-11(2)15(17(25)26)12-3-4-12/h5-9,12,22H,3-4H2,1-2H3. The molecule has 0 atom stereocenters. The predicted octanol–water partition coefficient (Wildman–Crippen LogP) is 2.16. The Bertz CT molecular complexity index is 1180. The first-order chi connectivity index (χ1) is 12.6. The van der Waals surface area contributed by atoms with Gasteiger partial charge in [0.25, 0.3) is 5.56 Å². The van der Waals surface area contributed by atoms with Crippen molar-refractivity contribution in [3.63, 3.8) is 0 Å². The van der Waals surface area contributed by atoms with Gasteiger partial charge in [0.2, 0.25) is 5.95 Å². The van der Waals surface area contributed by atoms with Crippen LogP contribution in [0.3, 0.4) is 0 Å². The molecular formula is C18H17N7O. The topological polar surface area (TPSA) is 93.8 Å². The first-order valence-corrected chi connectivity index (χ1v) is 8.56. The number of nitrogens with one attached hydrogen (secondary N) is 1. The zero-order chi connectivity index (χ0) is 17.8. The molecule has 0 saturated heterocycles. The normalized spacial score (nSPS) is 14.2. The van der Waals surface area contributed by atoms with Gasteiger partial charge in [0, 0.05) is 47.2 Å². The first kappa shape index (κ1) is 15.0. The number of aromatic nitrogens is 7. The van der Waals surface area contributed by atoms with Crippen molar-refractivity contribution in [3.05, 3.63) is 58.2 Å². The Morgan fingerprint density at radius 2 is 1.92 bits per heavy atom. The van der Waals surface area contributed by atoms with Crippen LogP contribution in [0, 0.1) is 13.8 Å². The Balaban J connectivity index is 1.62. The van der Waals surface area contributed by atoms with Crippen molar-refractivity contribution in [3.8, 4) is 17.1 Å². The van der Waals surface area contributed by atoms with E-state index in [9.17, 15) is 4.79 Å². The molecule has 4 aromatic heterocycles. The van der Waals surface area contributed by atoms with E-state index in [0.29, 0.717) is 17.5 Å². The molecular weight excluding hydrogens is 330 g/mol. The highest BCUT2D eigenvalue weighted by Crippen LogP contribution is 2.39. The summed E-state index contributed by atoms with van der Waals surface area (Å²) in [5, 5.41) is 7.38. The number of aromatic amines is 1. The van der Waals surface area contributed by atoms with E-state index in [1.54, 1.807) is 29.5 Å². The van der Waals surface area contributed by atoms with E-state index in [0.717, 1.165) is 40.8 Å². The molecule has 1 fully saturated rings. The minimum absolute atomic E-state index is 0.00416. The summed E-state index contributed by atoms with van der Waals surface area (Å²) in [7, 11) is 0. The highest BCUT2D eigenvalue weighted by Gasteiger charge is 2.30. The molecule has 0 bridgehead atoms. The summed E-state index contributed by atoms with van der Waals surface area (Å²) < 4.78 is 3.14. The Hall–Kier alpha value is -3.29. The van der Waals surface area contributed by atoms with E-state index >= 15 is 0 Å². The molecule has 4 aromatic rings. The maximum Gasteiger partial charge on any atom is 0.276 e. The van der Waals surface area contributed by atoms with Gasteiger partial charge in [0.05, 0.1) is 6.20 Å². The third-order valence-corrected chi connectivity index (χ3v) is 4.74. The van der Waals surface area contributed by atoms with Crippen molar-refractivity contribution in [1.29, 1.82) is 0 Å². The van der Waals surface area contributed by atoms with Gasteiger partial charge in [-0.25, -0.2) is 24.1 Å². The summed E-state index contributed by atoms with van der Waals surface area (Å²) in [6.45, 7) is 3.85. The summed E-state index contributed by atoms with van der Waals surface area (Å²) in [5.41, 5.74) is 4.91. The molecule has 130 valence electrons. The monoisotopic (exact) mass is 347 g/mol. The third kappa shape index (κ3) is 2.26. The average Bonchev–Trinajstić information content (AvgIpc) is 3.17. The maximum absolute atomic E-state index is 12.8. The largest absolute Gasteiger partial charge is 0.296 e. The van der Waals surface area contributed by atoms with Crippen LogP contribution < -0.4 is 5.56 Å². The highest BCUT2D eigenvalue weighted by atomic mass is 16.1. The van der Waals surface area contributed by atoms with Gasteiger partial charge in [0.15, 0.2) is 5.65 Å². The smallest absolute Gasteiger partial charge is 0.276 e. The van der Waals surface area contributed by atoms with E-state index in [-0.39, 0.29) is 5.56 Å². The third-order valence-electron chi connectivity index (χ3n) is 4.74. The molecule has 1 aliphatic carbocycles. The lowest BCUT2D eigenvalue weighted by Gasteiger charge is -2.04. The number of aryl methyl sites for hydroxylation is 2. The van der Waals surface area contributed by atoms with E-state index in [4.69, 9.17) is 4.98 Å². The molecule has 1 saturated carbocycles. The van der Waals surface area contributed by atoms with Crippen molar-refractivity contribution in [1.82, 2.24) is 34.3 Å². The number of rotatable bonds is 3. The lowest BCUT2D eigenvalue weighted by Crippen LogP contribution is -2.21. The van der Waals surface area contributed by atoms with Crippen LogP contribution in [-0.4, -0.2) is 34.3 Å². The van der Waals surface area contributed by atoms with Gasteiger partial charge in [-0.15, -0.1) is 0 Å². The molecule has 0 unspecified atom stereocenters. The highest BCUT2D eigenvalue weighted by molar-refractivity contribution is 5.76.